The largest absolute Gasteiger partial charge is 0.491 e. The number of hydrogen-bond donors (Lipinski definition) is 1. The fraction of sp³-hybridized carbons (Fsp3) is 0.406. The Balaban J connectivity index is 1.37. The van der Waals surface area contributed by atoms with Crippen molar-refractivity contribution in [3.05, 3.63) is 71.4 Å². The number of fused-ring (bicyclic) bond motifs is 2. The van der Waals surface area contributed by atoms with Gasteiger partial charge in [-0.2, -0.15) is 18.2 Å². The zero-order valence-corrected chi connectivity index (χ0v) is 25.5. The number of nitrogens with zero attached hydrogens (tertiary/aromatic N) is 4. The van der Waals surface area contributed by atoms with Gasteiger partial charge in [0.2, 0.25) is 5.95 Å². The highest BCUT2D eigenvalue weighted by atomic mass is 19.4. The number of aromatic nitrogens is 3. The molecular weight excluding hydrogens is 613 g/mol. The van der Waals surface area contributed by atoms with Crippen LogP contribution in [0.4, 0.5) is 38.4 Å². The topological polar surface area (TPSA) is 90.2 Å². The summed E-state index contributed by atoms with van der Waals surface area (Å²) >= 11 is 0. The second-order valence-corrected chi connectivity index (χ2v) is 11.7. The van der Waals surface area contributed by atoms with E-state index in [0.717, 1.165) is 23.3 Å². The van der Waals surface area contributed by atoms with Crippen LogP contribution in [-0.2, 0) is 28.5 Å². The van der Waals surface area contributed by atoms with Gasteiger partial charge in [0.15, 0.2) is 5.65 Å². The summed E-state index contributed by atoms with van der Waals surface area (Å²) < 4.78 is 83.3. The maximum Gasteiger partial charge on any atom is 0.416 e. The van der Waals surface area contributed by atoms with Crippen LogP contribution in [0.3, 0.4) is 0 Å². The number of nitrogens with one attached hydrogen (secondary N) is 1. The standard InChI is InChI=1S/C32H34F5N5O4/c1-31(2,3)46-30(43)41-13-10-20-6-8-23(17-21(20)11-14-41)38-29-39-28-24(5-4-12-42(28)40-29)25-18-22(32(35,36)37)7-9-26(25)45-16-15-44-19-27(33)34/h4-9,12,17-18,27H,10-11,13-16,19H2,1-3H3,(H,38,40). The van der Waals surface area contributed by atoms with Gasteiger partial charge in [-0.3, -0.25) is 0 Å². The normalized spacial score (nSPS) is 13.9. The summed E-state index contributed by atoms with van der Waals surface area (Å²) in [7, 11) is 0. The van der Waals surface area contributed by atoms with Gasteiger partial charge >= 0.3 is 12.3 Å². The van der Waals surface area contributed by atoms with Crippen LogP contribution in [0, 0.1) is 0 Å². The Labute approximate surface area is 262 Å². The van der Waals surface area contributed by atoms with Gasteiger partial charge in [0, 0.05) is 36.1 Å². The molecule has 2 aromatic carbocycles. The number of benzene rings is 2. The van der Waals surface area contributed by atoms with Crippen LogP contribution in [0.2, 0.25) is 0 Å². The van der Waals surface area contributed by atoms with E-state index in [9.17, 15) is 26.7 Å². The van der Waals surface area contributed by atoms with Crippen LogP contribution in [0.1, 0.15) is 37.5 Å². The monoisotopic (exact) mass is 647 g/mol. The molecule has 1 N–H and O–H groups in total. The Kier molecular flexibility index (Phi) is 9.66. The van der Waals surface area contributed by atoms with Gasteiger partial charge in [0.05, 0.1) is 12.2 Å². The number of rotatable bonds is 9. The third-order valence-electron chi connectivity index (χ3n) is 7.10. The molecule has 0 aliphatic carbocycles. The highest BCUT2D eigenvalue weighted by Gasteiger charge is 2.32. The van der Waals surface area contributed by atoms with Crippen molar-refractivity contribution in [2.24, 2.45) is 0 Å². The smallest absolute Gasteiger partial charge is 0.416 e. The Morgan fingerprint density at radius 2 is 1.74 bits per heavy atom. The summed E-state index contributed by atoms with van der Waals surface area (Å²) in [5.74, 6) is 0.316. The predicted molar refractivity (Wildman–Crippen MR) is 161 cm³/mol. The molecule has 0 saturated carbocycles. The summed E-state index contributed by atoms with van der Waals surface area (Å²) in [4.78, 5) is 18.9. The lowest BCUT2D eigenvalue weighted by molar-refractivity contribution is -0.137. The van der Waals surface area contributed by atoms with E-state index in [1.54, 1.807) is 23.2 Å². The first-order valence-corrected chi connectivity index (χ1v) is 14.7. The number of anilines is 2. The maximum absolute atomic E-state index is 13.7. The molecule has 0 bridgehead atoms. The van der Waals surface area contributed by atoms with E-state index in [1.165, 1.54) is 10.6 Å². The number of halogens is 5. The van der Waals surface area contributed by atoms with Crippen molar-refractivity contribution >= 4 is 23.4 Å². The molecule has 2 aromatic heterocycles. The van der Waals surface area contributed by atoms with Gasteiger partial charge in [0.1, 0.15) is 24.6 Å². The molecule has 246 valence electrons. The molecule has 1 amide bonds. The van der Waals surface area contributed by atoms with Crippen LogP contribution >= 0.6 is 0 Å². The molecule has 0 fully saturated rings. The molecule has 0 spiro atoms. The van der Waals surface area contributed by atoms with Crippen LogP contribution in [0.15, 0.2) is 54.7 Å². The molecule has 0 saturated heterocycles. The average Bonchev–Trinajstić information content (AvgIpc) is 3.26. The Morgan fingerprint density at radius 1 is 0.978 bits per heavy atom. The number of carbonyl (C=O) groups excluding carboxylic acids is 1. The van der Waals surface area contributed by atoms with Crippen LogP contribution < -0.4 is 10.1 Å². The third kappa shape index (κ3) is 8.22. The molecule has 46 heavy (non-hydrogen) atoms. The molecule has 5 rings (SSSR count). The van der Waals surface area contributed by atoms with Crippen molar-refractivity contribution < 1.29 is 41.0 Å². The van der Waals surface area contributed by atoms with Gasteiger partial charge in [-0.25, -0.2) is 18.1 Å². The molecule has 3 heterocycles. The maximum atomic E-state index is 13.7. The molecule has 1 aliphatic rings. The second kappa shape index (κ2) is 13.5. The number of alkyl halides is 5. The molecule has 1 aliphatic heterocycles. The number of pyridine rings is 1. The average molecular weight is 648 g/mol. The summed E-state index contributed by atoms with van der Waals surface area (Å²) in [6.45, 7) is 5.43. The highest BCUT2D eigenvalue weighted by Crippen LogP contribution is 2.39. The van der Waals surface area contributed by atoms with Crippen molar-refractivity contribution in [1.29, 1.82) is 0 Å². The van der Waals surface area contributed by atoms with E-state index in [4.69, 9.17) is 14.2 Å². The zero-order valence-electron chi connectivity index (χ0n) is 25.5. The SMILES string of the molecule is CC(C)(C)OC(=O)N1CCc2ccc(Nc3nc4c(-c5cc(C(F)(F)F)ccc5OCCOCC(F)F)cccn4n3)cc2CC1. The fourth-order valence-electron chi connectivity index (χ4n) is 5.04. The summed E-state index contributed by atoms with van der Waals surface area (Å²) in [5.41, 5.74) is 2.09. The quantitative estimate of drug-likeness (QED) is 0.152. The van der Waals surface area contributed by atoms with E-state index in [-0.39, 0.29) is 42.2 Å². The van der Waals surface area contributed by atoms with E-state index in [2.05, 4.69) is 15.4 Å². The second-order valence-electron chi connectivity index (χ2n) is 11.7. The first kappa shape index (κ1) is 32.9. The number of ether oxygens (including phenoxy) is 3. The molecule has 0 atom stereocenters. The van der Waals surface area contributed by atoms with Crippen molar-refractivity contribution in [3.63, 3.8) is 0 Å². The van der Waals surface area contributed by atoms with Crippen molar-refractivity contribution in [3.8, 4) is 16.9 Å². The lowest BCUT2D eigenvalue weighted by Crippen LogP contribution is -2.38. The lowest BCUT2D eigenvalue weighted by Gasteiger charge is -2.26. The van der Waals surface area contributed by atoms with E-state index in [1.807, 2.05) is 39.0 Å². The van der Waals surface area contributed by atoms with Crippen LogP contribution in [0.25, 0.3) is 16.8 Å². The molecule has 0 unspecified atom stereocenters. The van der Waals surface area contributed by atoms with Gasteiger partial charge in [-0.1, -0.05) is 6.07 Å². The Hall–Kier alpha value is -4.46. The molecule has 0 radical (unpaired) electrons. The first-order chi connectivity index (χ1) is 21.8. The number of amides is 1. The van der Waals surface area contributed by atoms with Gasteiger partial charge < -0.3 is 24.4 Å². The summed E-state index contributed by atoms with van der Waals surface area (Å²) in [5, 5.41) is 7.65. The van der Waals surface area contributed by atoms with Gasteiger partial charge in [-0.05, 0) is 87.2 Å². The molecular formula is C32H34F5N5O4. The predicted octanol–water partition coefficient (Wildman–Crippen LogP) is 7.15. The summed E-state index contributed by atoms with van der Waals surface area (Å²) in [6, 6.07) is 12.1. The van der Waals surface area contributed by atoms with E-state index < -0.39 is 30.4 Å². The summed E-state index contributed by atoms with van der Waals surface area (Å²) in [6.07, 6.45) is -4.70. The Bertz CT molecular complexity index is 1690. The van der Waals surface area contributed by atoms with Crippen LogP contribution in [0.5, 0.6) is 5.75 Å². The number of carbonyl (C=O) groups is 1. The van der Waals surface area contributed by atoms with Gasteiger partial charge in [0.25, 0.3) is 6.43 Å². The van der Waals surface area contributed by atoms with Crippen molar-refractivity contribution in [2.75, 3.05) is 38.2 Å². The van der Waals surface area contributed by atoms with Gasteiger partial charge in [-0.15, -0.1) is 5.10 Å². The molecule has 9 nitrogen and oxygen atoms in total. The zero-order chi connectivity index (χ0) is 33.1. The Morgan fingerprint density at radius 3 is 2.46 bits per heavy atom. The lowest BCUT2D eigenvalue weighted by atomic mass is 10.0. The first-order valence-electron chi connectivity index (χ1n) is 14.7. The van der Waals surface area contributed by atoms with Crippen molar-refractivity contribution in [2.45, 2.75) is 51.8 Å². The molecule has 14 heteroatoms. The minimum absolute atomic E-state index is 0.102. The highest BCUT2D eigenvalue weighted by molar-refractivity contribution is 5.82. The van der Waals surface area contributed by atoms with Crippen molar-refractivity contribution in [1.82, 2.24) is 19.5 Å². The van der Waals surface area contributed by atoms with Crippen LogP contribution in [-0.4, -0.2) is 70.5 Å². The molecule has 4 aromatic rings. The third-order valence-corrected chi connectivity index (χ3v) is 7.10. The van der Waals surface area contributed by atoms with E-state index in [0.29, 0.717) is 37.2 Å². The minimum Gasteiger partial charge on any atom is -0.491 e. The fourth-order valence-corrected chi connectivity index (χ4v) is 5.04. The minimum atomic E-state index is -4.62. The van der Waals surface area contributed by atoms with E-state index >= 15 is 0 Å². The number of hydrogen-bond acceptors (Lipinski definition) is 7.